The van der Waals surface area contributed by atoms with E-state index in [1.165, 1.54) is 0 Å². The molecule has 0 aliphatic rings. The van der Waals surface area contributed by atoms with E-state index in [4.69, 9.17) is 0 Å². The van der Waals surface area contributed by atoms with Gasteiger partial charge in [0, 0.05) is 5.56 Å². The lowest BCUT2D eigenvalue weighted by Gasteiger charge is -2.09. The molecule has 0 aliphatic carbocycles. The number of sulfonamides is 1. The minimum Gasteiger partial charge on any atom is -0.293 e. The van der Waals surface area contributed by atoms with Crippen LogP contribution in [0.15, 0.2) is 53.4 Å². The number of ketones is 1. The van der Waals surface area contributed by atoms with Crippen molar-refractivity contribution in [1.82, 2.24) is 4.72 Å². The molecular formula is C18H18F3NO3S. The Morgan fingerprint density at radius 3 is 2.08 bits per heavy atom. The van der Waals surface area contributed by atoms with Gasteiger partial charge in [0.05, 0.1) is 17.0 Å². The molecular weight excluding hydrogens is 367 g/mol. The molecule has 0 atom stereocenters. The van der Waals surface area contributed by atoms with E-state index < -0.39 is 34.1 Å². The molecule has 2 rings (SSSR count). The maximum Gasteiger partial charge on any atom is 0.416 e. The summed E-state index contributed by atoms with van der Waals surface area (Å²) in [5, 5.41) is 0. The summed E-state index contributed by atoms with van der Waals surface area (Å²) in [6.07, 6.45) is -2.69. The zero-order valence-electron chi connectivity index (χ0n) is 14.0. The quantitative estimate of drug-likeness (QED) is 0.737. The van der Waals surface area contributed by atoms with E-state index in [1.807, 2.05) is 6.92 Å². The standard InChI is InChI=1S/C18H18F3NO3S/c1-2-3-13-4-6-14(7-5-13)17(23)12-22-26(24,25)16-10-8-15(9-11-16)18(19,20)21/h4-11,22H,2-3,12H2,1H3. The minimum atomic E-state index is -4.55. The van der Waals surface area contributed by atoms with Gasteiger partial charge in [-0.15, -0.1) is 0 Å². The lowest BCUT2D eigenvalue weighted by Crippen LogP contribution is -2.29. The zero-order chi connectivity index (χ0) is 19.4. The fourth-order valence-corrected chi connectivity index (χ4v) is 3.30. The summed E-state index contributed by atoms with van der Waals surface area (Å²) in [5.74, 6) is -0.427. The minimum absolute atomic E-state index is 0.336. The summed E-state index contributed by atoms with van der Waals surface area (Å²) in [7, 11) is -4.08. The predicted molar refractivity (Wildman–Crippen MR) is 91.4 cm³/mol. The Hall–Kier alpha value is -2.19. The molecule has 2 aromatic carbocycles. The number of rotatable bonds is 7. The molecule has 0 unspecified atom stereocenters. The van der Waals surface area contributed by atoms with Crippen LogP contribution in [0.25, 0.3) is 0 Å². The Morgan fingerprint density at radius 1 is 1.00 bits per heavy atom. The van der Waals surface area contributed by atoms with Gasteiger partial charge in [0.1, 0.15) is 0 Å². The summed E-state index contributed by atoms with van der Waals surface area (Å²) in [5.41, 5.74) is 0.494. The van der Waals surface area contributed by atoms with Gasteiger partial charge in [-0.1, -0.05) is 37.6 Å². The molecule has 0 aliphatic heterocycles. The summed E-state index contributed by atoms with van der Waals surface area (Å²) in [4.78, 5) is 11.8. The van der Waals surface area contributed by atoms with E-state index in [2.05, 4.69) is 4.72 Å². The molecule has 8 heteroatoms. The van der Waals surface area contributed by atoms with Gasteiger partial charge >= 0.3 is 6.18 Å². The highest BCUT2D eigenvalue weighted by Gasteiger charge is 2.30. The molecule has 0 radical (unpaired) electrons. The lowest BCUT2D eigenvalue weighted by atomic mass is 10.1. The second kappa shape index (κ2) is 8.01. The van der Waals surface area contributed by atoms with Crippen LogP contribution in [-0.2, 0) is 22.6 Å². The first-order chi connectivity index (χ1) is 12.1. The van der Waals surface area contributed by atoms with E-state index in [1.54, 1.807) is 24.3 Å². The largest absolute Gasteiger partial charge is 0.416 e. The van der Waals surface area contributed by atoms with Crippen LogP contribution >= 0.6 is 0 Å². The van der Waals surface area contributed by atoms with Crippen LogP contribution in [-0.4, -0.2) is 20.7 Å². The highest BCUT2D eigenvalue weighted by molar-refractivity contribution is 7.89. The number of alkyl halides is 3. The molecule has 0 heterocycles. The van der Waals surface area contributed by atoms with Crippen molar-refractivity contribution in [2.75, 3.05) is 6.54 Å². The Morgan fingerprint density at radius 2 is 1.58 bits per heavy atom. The van der Waals surface area contributed by atoms with Crippen molar-refractivity contribution < 1.29 is 26.4 Å². The number of carbonyl (C=O) groups is 1. The molecule has 0 spiro atoms. The smallest absolute Gasteiger partial charge is 0.293 e. The number of carbonyl (C=O) groups excluding carboxylic acids is 1. The van der Waals surface area contributed by atoms with E-state index >= 15 is 0 Å². The highest BCUT2D eigenvalue weighted by atomic mass is 32.2. The monoisotopic (exact) mass is 385 g/mol. The Labute approximate surface area is 150 Å². The Kier molecular flexibility index (Phi) is 6.20. The summed E-state index contributed by atoms with van der Waals surface area (Å²) in [6, 6.07) is 9.94. The number of hydrogen-bond donors (Lipinski definition) is 1. The fraction of sp³-hybridized carbons (Fsp3) is 0.278. The third-order valence-electron chi connectivity index (χ3n) is 3.73. The van der Waals surface area contributed by atoms with Crippen LogP contribution in [0.2, 0.25) is 0 Å². The topological polar surface area (TPSA) is 63.2 Å². The second-order valence-electron chi connectivity index (χ2n) is 5.72. The van der Waals surface area contributed by atoms with Crippen molar-refractivity contribution in [3.8, 4) is 0 Å². The van der Waals surface area contributed by atoms with Gasteiger partial charge in [-0.25, -0.2) is 13.1 Å². The van der Waals surface area contributed by atoms with Crippen molar-refractivity contribution in [2.24, 2.45) is 0 Å². The predicted octanol–water partition coefficient (Wildman–Crippen LogP) is 3.82. The van der Waals surface area contributed by atoms with E-state index in [9.17, 15) is 26.4 Å². The number of aryl methyl sites for hydroxylation is 1. The number of hydrogen-bond acceptors (Lipinski definition) is 3. The zero-order valence-corrected chi connectivity index (χ0v) is 14.8. The Balaban J connectivity index is 2.04. The summed E-state index contributed by atoms with van der Waals surface area (Å²) >= 11 is 0. The molecule has 0 aromatic heterocycles. The molecule has 0 bridgehead atoms. The lowest BCUT2D eigenvalue weighted by molar-refractivity contribution is -0.137. The van der Waals surface area contributed by atoms with E-state index in [0.717, 1.165) is 30.5 Å². The van der Waals surface area contributed by atoms with Crippen LogP contribution in [0.3, 0.4) is 0 Å². The normalized spacial score (nSPS) is 12.2. The maximum atomic E-state index is 12.5. The molecule has 0 saturated carbocycles. The van der Waals surface area contributed by atoms with Crippen molar-refractivity contribution in [2.45, 2.75) is 30.8 Å². The van der Waals surface area contributed by atoms with E-state index in [0.29, 0.717) is 17.7 Å². The molecule has 0 amide bonds. The first-order valence-electron chi connectivity index (χ1n) is 7.92. The van der Waals surface area contributed by atoms with Gasteiger partial charge in [0.25, 0.3) is 0 Å². The number of nitrogens with one attached hydrogen (secondary N) is 1. The third-order valence-corrected chi connectivity index (χ3v) is 5.15. The highest BCUT2D eigenvalue weighted by Crippen LogP contribution is 2.29. The molecule has 140 valence electrons. The SMILES string of the molecule is CCCc1ccc(C(=O)CNS(=O)(=O)c2ccc(C(F)(F)F)cc2)cc1. The summed E-state index contributed by atoms with van der Waals surface area (Å²) < 4.78 is 63.9. The first-order valence-corrected chi connectivity index (χ1v) is 9.41. The van der Waals surface area contributed by atoms with Crippen molar-refractivity contribution >= 4 is 15.8 Å². The van der Waals surface area contributed by atoms with Crippen LogP contribution in [0.1, 0.15) is 34.8 Å². The average Bonchev–Trinajstić information content (AvgIpc) is 2.60. The first kappa shape index (κ1) is 20.1. The number of benzene rings is 2. The van der Waals surface area contributed by atoms with Crippen molar-refractivity contribution in [3.63, 3.8) is 0 Å². The fourth-order valence-electron chi connectivity index (χ4n) is 2.32. The van der Waals surface area contributed by atoms with Gasteiger partial charge < -0.3 is 0 Å². The van der Waals surface area contributed by atoms with Crippen molar-refractivity contribution in [1.29, 1.82) is 0 Å². The van der Waals surface area contributed by atoms with Crippen LogP contribution in [0.4, 0.5) is 13.2 Å². The average molecular weight is 385 g/mol. The van der Waals surface area contributed by atoms with Crippen LogP contribution in [0, 0.1) is 0 Å². The number of halogens is 3. The van der Waals surface area contributed by atoms with Gasteiger partial charge in [0.15, 0.2) is 5.78 Å². The maximum absolute atomic E-state index is 12.5. The van der Waals surface area contributed by atoms with Crippen LogP contribution < -0.4 is 4.72 Å². The number of Topliss-reactive ketones (excluding diaryl/α,β-unsaturated/α-hetero) is 1. The van der Waals surface area contributed by atoms with Gasteiger partial charge in [-0.05, 0) is 36.2 Å². The molecule has 0 saturated heterocycles. The van der Waals surface area contributed by atoms with E-state index in [-0.39, 0.29) is 4.90 Å². The molecule has 4 nitrogen and oxygen atoms in total. The molecule has 26 heavy (non-hydrogen) atoms. The Bertz CT molecular complexity index is 858. The van der Waals surface area contributed by atoms with Gasteiger partial charge in [-0.3, -0.25) is 4.79 Å². The summed E-state index contributed by atoms with van der Waals surface area (Å²) in [6.45, 7) is 1.56. The van der Waals surface area contributed by atoms with Gasteiger partial charge in [0.2, 0.25) is 10.0 Å². The molecule has 2 aromatic rings. The van der Waals surface area contributed by atoms with Crippen LogP contribution in [0.5, 0.6) is 0 Å². The molecule has 0 fully saturated rings. The van der Waals surface area contributed by atoms with Crippen molar-refractivity contribution in [3.05, 3.63) is 65.2 Å². The van der Waals surface area contributed by atoms with Gasteiger partial charge in [-0.2, -0.15) is 13.2 Å². The second-order valence-corrected chi connectivity index (χ2v) is 7.48. The molecule has 1 N–H and O–H groups in total. The third kappa shape index (κ3) is 5.15.